The lowest BCUT2D eigenvalue weighted by atomic mass is 10.2. The maximum Gasteiger partial charge on any atom is 0.512 e. The molecule has 5 heteroatoms. The van der Waals surface area contributed by atoms with Crippen molar-refractivity contribution in [2.45, 2.75) is 6.42 Å². The summed E-state index contributed by atoms with van der Waals surface area (Å²) in [5.74, 6) is -0.0310. The summed E-state index contributed by atoms with van der Waals surface area (Å²) in [6.07, 6.45) is 0.0492. The van der Waals surface area contributed by atoms with Crippen molar-refractivity contribution in [1.82, 2.24) is 4.98 Å². The van der Waals surface area contributed by atoms with E-state index in [1.54, 1.807) is 12.1 Å². The molecule has 0 atom stereocenters. The third kappa shape index (κ3) is 2.45. The van der Waals surface area contributed by atoms with E-state index in [-0.39, 0.29) is 12.3 Å². The molecule has 0 aliphatic carbocycles. The molecule has 1 aromatic rings. The molecule has 0 aliphatic heterocycles. The van der Waals surface area contributed by atoms with Gasteiger partial charge in [0, 0.05) is 11.8 Å². The lowest BCUT2D eigenvalue weighted by Crippen LogP contribution is -2.06. The average molecular weight is 178 g/mol. The van der Waals surface area contributed by atoms with Gasteiger partial charge in [-0.15, -0.1) is 0 Å². The predicted molar refractivity (Wildman–Crippen MR) is 42.2 cm³/mol. The van der Waals surface area contributed by atoms with E-state index in [0.29, 0.717) is 5.56 Å². The minimum Gasteiger partial charge on any atom is -0.449 e. The molecular weight excluding hydrogens is 172 g/mol. The maximum atomic E-state index is 10.2. The van der Waals surface area contributed by atoms with Gasteiger partial charge < -0.3 is 9.84 Å². The molecule has 0 aromatic carbocycles. The van der Waals surface area contributed by atoms with Crippen molar-refractivity contribution >= 4 is 6.16 Å². The number of rotatable bonds is 2. The topological polar surface area (TPSA) is 83.2 Å². The molecule has 1 heterocycles. The number of nitriles is 1. The van der Waals surface area contributed by atoms with Gasteiger partial charge in [-0.05, 0) is 6.07 Å². The number of hydrogen-bond donors (Lipinski definition) is 1. The first-order chi connectivity index (χ1) is 6.24. The second kappa shape index (κ2) is 4.07. The molecule has 0 saturated heterocycles. The van der Waals surface area contributed by atoms with Crippen LogP contribution in [0.15, 0.2) is 18.3 Å². The van der Waals surface area contributed by atoms with E-state index in [2.05, 4.69) is 9.72 Å². The van der Waals surface area contributed by atoms with Crippen molar-refractivity contribution in [3.05, 3.63) is 23.9 Å². The van der Waals surface area contributed by atoms with E-state index in [9.17, 15) is 4.79 Å². The van der Waals surface area contributed by atoms with Crippen LogP contribution >= 0.6 is 0 Å². The van der Waals surface area contributed by atoms with Crippen LogP contribution < -0.4 is 4.74 Å². The second-order valence-electron chi connectivity index (χ2n) is 2.17. The summed E-state index contributed by atoms with van der Waals surface area (Å²) in [7, 11) is 0. The maximum absolute atomic E-state index is 10.2. The highest BCUT2D eigenvalue weighted by atomic mass is 16.7. The normalized spacial score (nSPS) is 8.85. The number of aromatic nitrogens is 1. The third-order valence-corrected chi connectivity index (χ3v) is 1.30. The first kappa shape index (κ1) is 9.00. The van der Waals surface area contributed by atoms with Crippen LogP contribution in [0.3, 0.4) is 0 Å². The molecule has 0 unspecified atom stereocenters. The van der Waals surface area contributed by atoms with Crippen molar-refractivity contribution < 1.29 is 14.6 Å². The van der Waals surface area contributed by atoms with Crippen LogP contribution in [-0.4, -0.2) is 16.2 Å². The number of carbonyl (C=O) groups is 1. The van der Waals surface area contributed by atoms with Gasteiger partial charge >= 0.3 is 6.16 Å². The Morgan fingerprint density at radius 2 is 2.54 bits per heavy atom. The smallest absolute Gasteiger partial charge is 0.449 e. The number of pyridine rings is 1. The van der Waals surface area contributed by atoms with E-state index < -0.39 is 6.16 Å². The standard InChI is InChI=1S/C8H6N2O3/c9-4-3-6-2-1-5-10-7(6)13-8(11)12/h1-2,5H,3H2,(H,11,12). The molecule has 0 spiro atoms. The van der Waals surface area contributed by atoms with Crippen molar-refractivity contribution in [2.75, 3.05) is 0 Å². The van der Waals surface area contributed by atoms with E-state index in [4.69, 9.17) is 10.4 Å². The van der Waals surface area contributed by atoms with Crippen LogP contribution in [0.5, 0.6) is 5.88 Å². The van der Waals surface area contributed by atoms with Crippen LogP contribution in [0.1, 0.15) is 5.56 Å². The Labute approximate surface area is 74.2 Å². The molecule has 1 aromatic heterocycles. The Balaban J connectivity index is 2.92. The van der Waals surface area contributed by atoms with Crippen molar-refractivity contribution in [3.8, 4) is 11.9 Å². The van der Waals surface area contributed by atoms with E-state index in [1.165, 1.54) is 6.20 Å². The molecule has 0 radical (unpaired) electrons. The minimum atomic E-state index is -1.43. The van der Waals surface area contributed by atoms with E-state index in [1.807, 2.05) is 6.07 Å². The molecule has 13 heavy (non-hydrogen) atoms. The fourth-order valence-electron chi connectivity index (χ4n) is 0.818. The fraction of sp³-hybridized carbons (Fsp3) is 0.125. The number of hydrogen-bond acceptors (Lipinski definition) is 4. The minimum absolute atomic E-state index is 0.0310. The van der Waals surface area contributed by atoms with Crippen LogP contribution in [0.4, 0.5) is 4.79 Å². The third-order valence-electron chi connectivity index (χ3n) is 1.30. The van der Waals surface area contributed by atoms with Crippen LogP contribution in [0.2, 0.25) is 0 Å². The van der Waals surface area contributed by atoms with E-state index in [0.717, 1.165) is 0 Å². The Kier molecular flexibility index (Phi) is 2.82. The molecule has 5 nitrogen and oxygen atoms in total. The van der Waals surface area contributed by atoms with Gasteiger partial charge in [-0.25, -0.2) is 9.78 Å². The fourth-order valence-corrected chi connectivity index (χ4v) is 0.818. The first-order valence-electron chi connectivity index (χ1n) is 3.45. The highest BCUT2D eigenvalue weighted by molar-refractivity contribution is 5.61. The molecule has 0 saturated carbocycles. The molecule has 0 amide bonds. The number of nitrogens with zero attached hydrogens (tertiary/aromatic N) is 2. The van der Waals surface area contributed by atoms with Gasteiger partial charge in [0.15, 0.2) is 0 Å². The summed E-state index contributed by atoms with van der Waals surface area (Å²) in [6.45, 7) is 0. The van der Waals surface area contributed by atoms with Gasteiger partial charge in [0.05, 0.1) is 12.5 Å². The zero-order chi connectivity index (χ0) is 9.68. The molecular formula is C8H6N2O3. The highest BCUT2D eigenvalue weighted by Crippen LogP contribution is 2.14. The van der Waals surface area contributed by atoms with E-state index >= 15 is 0 Å². The summed E-state index contributed by atoms with van der Waals surface area (Å²) in [6, 6.07) is 5.09. The van der Waals surface area contributed by atoms with Crippen molar-refractivity contribution in [1.29, 1.82) is 5.26 Å². The highest BCUT2D eigenvalue weighted by Gasteiger charge is 2.07. The largest absolute Gasteiger partial charge is 0.512 e. The average Bonchev–Trinajstić information content (AvgIpc) is 2.08. The molecule has 66 valence electrons. The molecule has 0 aliphatic rings. The Bertz CT molecular complexity index is 357. The summed E-state index contributed by atoms with van der Waals surface area (Å²) in [5.41, 5.74) is 0.465. The monoisotopic (exact) mass is 178 g/mol. The first-order valence-corrected chi connectivity index (χ1v) is 3.45. The van der Waals surface area contributed by atoms with Crippen LogP contribution in [-0.2, 0) is 6.42 Å². The summed E-state index contributed by atoms with van der Waals surface area (Å²) < 4.78 is 4.35. The second-order valence-corrected chi connectivity index (χ2v) is 2.17. The number of carboxylic acid groups (broad SMARTS) is 1. The SMILES string of the molecule is N#CCc1cccnc1OC(=O)O. The van der Waals surface area contributed by atoms with Gasteiger partial charge in [-0.1, -0.05) is 6.07 Å². The molecule has 0 fully saturated rings. The Hall–Kier alpha value is -2.09. The van der Waals surface area contributed by atoms with Crippen LogP contribution in [0.25, 0.3) is 0 Å². The lowest BCUT2D eigenvalue weighted by Gasteiger charge is -2.01. The van der Waals surface area contributed by atoms with Gasteiger partial charge in [0.1, 0.15) is 0 Å². The van der Waals surface area contributed by atoms with Crippen LogP contribution in [0, 0.1) is 11.3 Å². The quantitative estimate of drug-likeness (QED) is 0.688. The van der Waals surface area contributed by atoms with Gasteiger partial charge in [-0.2, -0.15) is 5.26 Å². The summed E-state index contributed by atoms with van der Waals surface area (Å²) >= 11 is 0. The molecule has 1 rings (SSSR count). The zero-order valence-electron chi connectivity index (χ0n) is 6.60. The Morgan fingerprint density at radius 3 is 3.15 bits per heavy atom. The molecule has 1 N–H and O–H groups in total. The summed E-state index contributed by atoms with van der Waals surface area (Å²) in [4.78, 5) is 13.9. The van der Waals surface area contributed by atoms with Gasteiger partial charge in [0.25, 0.3) is 0 Å². The number of ether oxygens (including phenoxy) is 1. The zero-order valence-corrected chi connectivity index (χ0v) is 6.60. The van der Waals surface area contributed by atoms with Gasteiger partial charge in [-0.3, -0.25) is 0 Å². The van der Waals surface area contributed by atoms with Crippen molar-refractivity contribution in [3.63, 3.8) is 0 Å². The van der Waals surface area contributed by atoms with Crippen molar-refractivity contribution in [2.24, 2.45) is 0 Å². The lowest BCUT2D eigenvalue weighted by molar-refractivity contribution is 0.142. The molecule has 0 bridgehead atoms. The Morgan fingerprint density at radius 1 is 1.77 bits per heavy atom. The summed E-state index contributed by atoms with van der Waals surface area (Å²) in [5, 5.41) is 16.7. The predicted octanol–water partition coefficient (Wildman–Crippen LogP) is 1.20. The van der Waals surface area contributed by atoms with Gasteiger partial charge in [0.2, 0.25) is 5.88 Å².